The highest BCUT2D eigenvalue weighted by molar-refractivity contribution is 5.89. The number of pyridine rings is 1. The van der Waals surface area contributed by atoms with Crippen LogP contribution in [0.5, 0.6) is 5.75 Å². The van der Waals surface area contributed by atoms with Gasteiger partial charge in [0.25, 0.3) is 0 Å². The van der Waals surface area contributed by atoms with E-state index in [-0.39, 0.29) is 30.1 Å². The second-order valence-corrected chi connectivity index (χ2v) is 9.91. The van der Waals surface area contributed by atoms with Crippen LogP contribution in [0.25, 0.3) is 10.9 Å². The number of aromatic nitrogens is 2. The van der Waals surface area contributed by atoms with Gasteiger partial charge in [-0.05, 0) is 43.2 Å². The van der Waals surface area contributed by atoms with Crippen LogP contribution >= 0.6 is 0 Å². The van der Waals surface area contributed by atoms with E-state index < -0.39 is 0 Å². The zero-order valence-corrected chi connectivity index (χ0v) is 20.3. The Bertz CT molecular complexity index is 1200. The summed E-state index contributed by atoms with van der Waals surface area (Å²) >= 11 is 0. The summed E-state index contributed by atoms with van der Waals surface area (Å²) < 4.78 is 7.70. The average Bonchev–Trinajstić information content (AvgIpc) is 3.09. The first-order valence-electron chi connectivity index (χ1n) is 11.8. The van der Waals surface area contributed by atoms with Crippen molar-refractivity contribution in [1.29, 1.82) is 0 Å². The Morgan fingerprint density at radius 3 is 2.74 bits per heavy atom. The number of aliphatic hydroxyl groups excluding tert-OH is 1. The third-order valence-electron chi connectivity index (χ3n) is 7.21. The van der Waals surface area contributed by atoms with Gasteiger partial charge >= 0.3 is 6.03 Å². The van der Waals surface area contributed by atoms with Gasteiger partial charge in [0.2, 0.25) is 0 Å². The number of benzene rings is 1. The number of methoxy groups -OCH3 is 1. The van der Waals surface area contributed by atoms with Gasteiger partial charge in [0.05, 0.1) is 25.3 Å². The number of carbonyl (C=O) groups excluding carboxylic acids is 1. The summed E-state index contributed by atoms with van der Waals surface area (Å²) in [7, 11) is 3.74. The summed E-state index contributed by atoms with van der Waals surface area (Å²) in [6.45, 7) is 6.70. The third-order valence-corrected chi connectivity index (χ3v) is 7.21. The number of nitrogens with one attached hydrogen (secondary N) is 1. The number of carbonyl (C=O) groups is 1. The number of amides is 2. The normalized spacial score (nSPS) is 19.4. The van der Waals surface area contributed by atoms with Crippen molar-refractivity contribution in [2.75, 3.05) is 33.4 Å². The molecule has 2 aliphatic rings. The maximum atomic E-state index is 12.8. The molecule has 1 saturated heterocycles. The molecule has 34 heavy (non-hydrogen) atoms. The van der Waals surface area contributed by atoms with Crippen molar-refractivity contribution in [3.05, 3.63) is 59.5 Å². The van der Waals surface area contributed by atoms with Gasteiger partial charge in [0.1, 0.15) is 5.75 Å². The van der Waals surface area contributed by atoms with Crippen molar-refractivity contribution in [3.63, 3.8) is 0 Å². The van der Waals surface area contributed by atoms with Crippen molar-refractivity contribution in [2.45, 2.75) is 37.9 Å². The van der Waals surface area contributed by atoms with Gasteiger partial charge in [-0.15, -0.1) is 0 Å². The number of hydrogen-bond donors (Lipinski definition) is 2. The fourth-order valence-electron chi connectivity index (χ4n) is 5.78. The first-order chi connectivity index (χ1) is 16.4. The minimum atomic E-state index is -0.203. The van der Waals surface area contributed by atoms with Crippen LogP contribution in [0.2, 0.25) is 0 Å². The lowest BCUT2D eigenvalue weighted by Gasteiger charge is -2.56. The fourth-order valence-corrected chi connectivity index (χ4v) is 5.78. The molecule has 1 spiro atoms. The predicted molar refractivity (Wildman–Crippen MR) is 131 cm³/mol. The molecule has 0 radical (unpaired) electrons. The number of rotatable bonds is 5. The molecule has 3 aromatic rings. The Morgan fingerprint density at radius 2 is 2.09 bits per heavy atom. The van der Waals surface area contributed by atoms with Crippen LogP contribution in [0.1, 0.15) is 36.7 Å². The smallest absolute Gasteiger partial charge is 0.317 e. The fraction of sp³-hybridized carbons (Fsp3) is 0.462. The molecule has 0 unspecified atom stereocenters. The molecule has 0 bridgehead atoms. The van der Waals surface area contributed by atoms with Crippen molar-refractivity contribution in [3.8, 4) is 5.75 Å². The molecule has 0 saturated carbocycles. The van der Waals surface area contributed by atoms with Gasteiger partial charge in [0, 0.05) is 74.2 Å². The highest BCUT2D eigenvalue weighted by atomic mass is 16.5. The van der Waals surface area contributed by atoms with Crippen LogP contribution in [0.15, 0.2) is 42.7 Å². The number of urea groups is 1. The van der Waals surface area contributed by atoms with E-state index in [1.165, 1.54) is 10.9 Å². The van der Waals surface area contributed by atoms with Crippen LogP contribution in [0, 0.1) is 0 Å². The Hall–Kier alpha value is -3.10. The number of nitrogens with zero attached hydrogens (tertiary/aromatic N) is 4. The van der Waals surface area contributed by atoms with Gasteiger partial charge in [-0.1, -0.05) is 6.07 Å². The number of hydrogen-bond acceptors (Lipinski definition) is 5. The predicted octanol–water partition coefficient (Wildman–Crippen LogP) is 2.80. The zero-order valence-electron chi connectivity index (χ0n) is 20.3. The van der Waals surface area contributed by atoms with Gasteiger partial charge in [-0.2, -0.15) is 0 Å². The molecule has 0 aliphatic carbocycles. The van der Waals surface area contributed by atoms with Crippen molar-refractivity contribution in [2.24, 2.45) is 7.05 Å². The van der Waals surface area contributed by atoms with E-state index in [2.05, 4.69) is 45.0 Å². The zero-order chi connectivity index (χ0) is 24.0. The highest BCUT2D eigenvalue weighted by Gasteiger charge is 2.54. The molecule has 8 heteroatoms. The molecule has 8 nitrogen and oxygen atoms in total. The van der Waals surface area contributed by atoms with Crippen molar-refractivity contribution in [1.82, 2.24) is 24.7 Å². The van der Waals surface area contributed by atoms with E-state index in [0.29, 0.717) is 19.6 Å². The first-order valence-corrected chi connectivity index (χ1v) is 11.8. The molecule has 1 atom stereocenters. The summed E-state index contributed by atoms with van der Waals surface area (Å²) in [5.41, 5.74) is 4.35. The van der Waals surface area contributed by atoms with Crippen LogP contribution in [0.3, 0.4) is 0 Å². The molecule has 2 N–H and O–H groups in total. The van der Waals surface area contributed by atoms with Crippen molar-refractivity contribution < 1.29 is 14.6 Å². The van der Waals surface area contributed by atoms with E-state index in [4.69, 9.17) is 4.74 Å². The van der Waals surface area contributed by atoms with Gasteiger partial charge in [0.15, 0.2) is 0 Å². The largest absolute Gasteiger partial charge is 0.497 e. The highest BCUT2D eigenvalue weighted by Crippen LogP contribution is 2.49. The van der Waals surface area contributed by atoms with E-state index in [0.717, 1.165) is 29.1 Å². The topological polar surface area (TPSA) is 82.9 Å². The Labute approximate surface area is 200 Å². The van der Waals surface area contributed by atoms with E-state index in [1.807, 2.05) is 37.1 Å². The summed E-state index contributed by atoms with van der Waals surface area (Å²) in [5.74, 6) is 0.804. The average molecular weight is 464 g/mol. The van der Waals surface area contributed by atoms with E-state index >= 15 is 0 Å². The summed E-state index contributed by atoms with van der Waals surface area (Å²) in [4.78, 5) is 21.3. The molecular formula is C26H33N5O3. The summed E-state index contributed by atoms with van der Waals surface area (Å²) in [6, 6.07) is 10.1. The lowest BCUT2D eigenvalue weighted by atomic mass is 9.68. The molecule has 2 aliphatic heterocycles. The second kappa shape index (κ2) is 8.60. The monoisotopic (exact) mass is 463 g/mol. The molecule has 180 valence electrons. The molecule has 2 amide bonds. The summed E-state index contributed by atoms with van der Waals surface area (Å²) in [6.07, 6.45) is 3.66. The second-order valence-electron chi connectivity index (χ2n) is 9.91. The molecule has 4 heterocycles. The number of likely N-dealkylation sites (tertiary alicyclic amines) is 1. The quantitative estimate of drug-likeness (QED) is 0.608. The molecule has 5 rings (SSSR count). The Morgan fingerprint density at radius 1 is 1.29 bits per heavy atom. The maximum Gasteiger partial charge on any atom is 0.317 e. The Kier molecular flexibility index (Phi) is 5.73. The lowest BCUT2D eigenvalue weighted by Crippen LogP contribution is -2.69. The van der Waals surface area contributed by atoms with E-state index in [9.17, 15) is 9.90 Å². The van der Waals surface area contributed by atoms with E-state index in [1.54, 1.807) is 13.3 Å². The van der Waals surface area contributed by atoms with Crippen molar-refractivity contribution >= 4 is 16.9 Å². The standard InChI is InChI=1S/C26H33N5O3/c1-17(2)28-25(33)31-15-26(16-31)14-30(12-18-6-5-9-27-11-18)22(13-32)24-23(26)20-8-7-19(34-4)10-21(20)29(24)3/h5-11,17,22,32H,12-16H2,1-4H3,(H,28,33)/t22-/m0/s1. The van der Waals surface area contributed by atoms with Crippen LogP contribution < -0.4 is 10.1 Å². The van der Waals surface area contributed by atoms with Gasteiger partial charge in [-0.25, -0.2) is 4.79 Å². The molecular weight excluding hydrogens is 430 g/mol. The number of aliphatic hydroxyl groups is 1. The molecule has 1 fully saturated rings. The minimum absolute atomic E-state index is 0.0161. The third kappa shape index (κ3) is 3.61. The van der Waals surface area contributed by atoms with Crippen LogP contribution in [-0.4, -0.2) is 69.9 Å². The van der Waals surface area contributed by atoms with Crippen LogP contribution in [0.4, 0.5) is 4.79 Å². The summed E-state index contributed by atoms with van der Waals surface area (Å²) in [5, 5.41) is 14.8. The number of fused-ring (bicyclic) bond motifs is 4. The molecule has 2 aromatic heterocycles. The SMILES string of the molecule is COc1ccc2c3c(n(C)c2c1)[C@H](CO)N(Cc1cccnc1)CC31CN(C(=O)NC(C)C)C1. The molecule has 1 aromatic carbocycles. The number of aryl methyl sites for hydroxylation is 1. The first kappa shape index (κ1) is 22.7. The van der Waals surface area contributed by atoms with Gasteiger partial charge in [-0.3, -0.25) is 9.88 Å². The minimum Gasteiger partial charge on any atom is -0.497 e. The van der Waals surface area contributed by atoms with Gasteiger partial charge < -0.3 is 24.6 Å². The van der Waals surface area contributed by atoms with Crippen LogP contribution in [-0.2, 0) is 19.0 Å². The maximum absolute atomic E-state index is 12.8. The Balaban J connectivity index is 1.60. The lowest BCUT2D eigenvalue weighted by molar-refractivity contribution is 0.00818. The number of ether oxygens (including phenoxy) is 1.